The van der Waals surface area contributed by atoms with Crippen molar-refractivity contribution < 1.29 is 18.0 Å². The number of amides is 3. The van der Waals surface area contributed by atoms with Crippen molar-refractivity contribution in [3.8, 4) is 0 Å². The van der Waals surface area contributed by atoms with Crippen LogP contribution in [0.2, 0.25) is 0 Å². The number of rotatable bonds is 6. The van der Waals surface area contributed by atoms with Crippen molar-refractivity contribution in [3.05, 3.63) is 29.8 Å². The molecule has 132 valence electrons. The average Bonchev–Trinajstić information content (AvgIpc) is 2.55. The molecule has 1 aromatic rings. The van der Waals surface area contributed by atoms with Gasteiger partial charge in [-0.3, -0.25) is 4.79 Å². The molecule has 0 atom stereocenters. The minimum absolute atomic E-state index is 0.00442. The lowest BCUT2D eigenvalue weighted by atomic mass is 9.87. The van der Waals surface area contributed by atoms with Crippen molar-refractivity contribution in [1.82, 2.24) is 15.4 Å². The molecule has 0 aliphatic heterocycles. The second kappa shape index (κ2) is 8.14. The highest BCUT2D eigenvalue weighted by atomic mass is 32.2. The first-order valence-corrected chi connectivity index (χ1v) is 9.48. The van der Waals surface area contributed by atoms with Gasteiger partial charge in [0.15, 0.2) is 0 Å². The summed E-state index contributed by atoms with van der Waals surface area (Å²) in [5, 5.41) is 5.22. The molecular formula is C16H23N3O4S. The topological polar surface area (TPSA) is 104 Å². The van der Waals surface area contributed by atoms with Gasteiger partial charge < -0.3 is 10.6 Å². The number of hydrogen-bond donors (Lipinski definition) is 3. The highest BCUT2D eigenvalue weighted by molar-refractivity contribution is 7.90. The minimum Gasteiger partial charge on any atom is -0.355 e. The van der Waals surface area contributed by atoms with Gasteiger partial charge in [-0.05, 0) is 49.3 Å². The lowest BCUT2D eigenvalue weighted by Gasteiger charge is -2.26. The Morgan fingerprint density at radius 3 is 2.38 bits per heavy atom. The van der Waals surface area contributed by atoms with Crippen LogP contribution in [0.25, 0.3) is 0 Å². The predicted octanol–water partition coefficient (Wildman–Crippen LogP) is 1.50. The molecule has 8 heteroatoms. The van der Waals surface area contributed by atoms with Gasteiger partial charge in [0.05, 0.1) is 4.90 Å². The minimum atomic E-state index is -3.91. The van der Waals surface area contributed by atoms with E-state index in [1.807, 2.05) is 4.72 Å². The smallest absolute Gasteiger partial charge is 0.328 e. The second-order valence-corrected chi connectivity index (χ2v) is 7.86. The summed E-state index contributed by atoms with van der Waals surface area (Å²) >= 11 is 0. The lowest BCUT2D eigenvalue weighted by molar-refractivity contribution is -0.109. The first kappa shape index (κ1) is 18.3. The van der Waals surface area contributed by atoms with Gasteiger partial charge in [-0.2, -0.15) is 0 Å². The maximum Gasteiger partial charge on any atom is 0.328 e. The first-order chi connectivity index (χ1) is 11.4. The van der Waals surface area contributed by atoms with Gasteiger partial charge in [0.25, 0.3) is 10.0 Å². The molecule has 1 saturated carbocycles. The van der Waals surface area contributed by atoms with Crippen LogP contribution < -0.4 is 15.4 Å². The Balaban J connectivity index is 1.92. The Morgan fingerprint density at radius 1 is 1.17 bits per heavy atom. The van der Waals surface area contributed by atoms with E-state index in [1.165, 1.54) is 12.1 Å². The summed E-state index contributed by atoms with van der Waals surface area (Å²) < 4.78 is 26.5. The number of benzene rings is 1. The summed E-state index contributed by atoms with van der Waals surface area (Å²) in [4.78, 5) is 22.2. The molecule has 0 spiro atoms. The highest BCUT2D eigenvalue weighted by Gasteiger charge is 2.22. The molecule has 1 aliphatic rings. The van der Waals surface area contributed by atoms with Crippen LogP contribution in [0, 0.1) is 5.92 Å². The molecular weight excluding hydrogens is 330 g/mol. The molecule has 0 heterocycles. The summed E-state index contributed by atoms with van der Waals surface area (Å²) in [5.74, 6) is 0.655. The second-order valence-electron chi connectivity index (χ2n) is 6.18. The Bertz CT molecular complexity index is 665. The van der Waals surface area contributed by atoms with Crippen LogP contribution in [0.1, 0.15) is 38.2 Å². The number of carbonyl (C=O) groups excluding carboxylic acids is 2. The van der Waals surface area contributed by atoms with E-state index in [2.05, 4.69) is 17.6 Å². The predicted molar refractivity (Wildman–Crippen MR) is 89.6 cm³/mol. The maximum absolute atomic E-state index is 12.2. The highest BCUT2D eigenvalue weighted by Crippen LogP contribution is 2.23. The SMILES string of the molecule is CC1CCC(NC(=O)NS(=O)(=O)c2ccc(CNC=O)cc2)CC1. The quantitative estimate of drug-likeness (QED) is 0.674. The van der Waals surface area contributed by atoms with E-state index in [0.29, 0.717) is 18.9 Å². The van der Waals surface area contributed by atoms with Crippen molar-refractivity contribution in [1.29, 1.82) is 0 Å². The van der Waals surface area contributed by atoms with E-state index in [9.17, 15) is 18.0 Å². The molecule has 0 saturated heterocycles. The molecule has 1 aromatic carbocycles. The van der Waals surface area contributed by atoms with E-state index < -0.39 is 16.1 Å². The van der Waals surface area contributed by atoms with Crippen molar-refractivity contribution in [2.75, 3.05) is 0 Å². The molecule has 3 N–H and O–H groups in total. The summed E-state index contributed by atoms with van der Waals surface area (Å²) in [6, 6.07) is 5.31. The molecule has 1 fully saturated rings. The number of carbonyl (C=O) groups is 2. The Labute approximate surface area is 142 Å². The Hall–Kier alpha value is -2.09. The monoisotopic (exact) mass is 353 g/mol. The molecule has 24 heavy (non-hydrogen) atoms. The summed E-state index contributed by atoms with van der Waals surface area (Å²) in [6.45, 7) is 2.49. The van der Waals surface area contributed by atoms with Crippen LogP contribution in [0.3, 0.4) is 0 Å². The number of sulfonamides is 1. The van der Waals surface area contributed by atoms with E-state index in [-0.39, 0.29) is 10.9 Å². The number of urea groups is 1. The van der Waals surface area contributed by atoms with E-state index >= 15 is 0 Å². The average molecular weight is 353 g/mol. The maximum atomic E-state index is 12.2. The molecule has 1 aliphatic carbocycles. The summed E-state index contributed by atoms with van der Waals surface area (Å²) in [5.41, 5.74) is 0.766. The van der Waals surface area contributed by atoms with E-state index in [0.717, 1.165) is 31.2 Å². The zero-order chi connectivity index (χ0) is 17.6. The molecule has 0 radical (unpaired) electrons. The van der Waals surface area contributed by atoms with Crippen LogP contribution in [-0.2, 0) is 21.4 Å². The van der Waals surface area contributed by atoms with Crippen molar-refractivity contribution >= 4 is 22.5 Å². The fourth-order valence-electron chi connectivity index (χ4n) is 2.75. The van der Waals surface area contributed by atoms with Gasteiger partial charge in [-0.25, -0.2) is 17.9 Å². The van der Waals surface area contributed by atoms with Gasteiger partial charge in [0.1, 0.15) is 0 Å². The molecule has 2 rings (SSSR count). The van der Waals surface area contributed by atoms with Crippen molar-refractivity contribution in [2.24, 2.45) is 5.92 Å². The normalized spacial score (nSPS) is 20.9. The van der Waals surface area contributed by atoms with Gasteiger partial charge in [0.2, 0.25) is 6.41 Å². The van der Waals surface area contributed by atoms with E-state index in [1.54, 1.807) is 12.1 Å². The zero-order valence-electron chi connectivity index (χ0n) is 13.6. The fraction of sp³-hybridized carbons (Fsp3) is 0.500. The summed E-state index contributed by atoms with van der Waals surface area (Å²) in [7, 11) is -3.91. The molecule has 3 amide bonds. The van der Waals surface area contributed by atoms with Crippen LogP contribution >= 0.6 is 0 Å². The van der Waals surface area contributed by atoms with Crippen LogP contribution in [-0.4, -0.2) is 26.9 Å². The standard InChI is InChI=1S/C16H23N3O4S/c1-12-2-6-14(7-3-12)18-16(21)19-24(22,23)15-8-4-13(5-9-15)10-17-11-20/h4-5,8-9,11-12,14H,2-3,6-7,10H2,1H3,(H,17,20)(H2,18,19,21). The largest absolute Gasteiger partial charge is 0.355 e. The van der Waals surface area contributed by atoms with E-state index in [4.69, 9.17) is 0 Å². The summed E-state index contributed by atoms with van der Waals surface area (Å²) in [6.07, 6.45) is 4.38. The van der Waals surface area contributed by atoms with Crippen molar-refractivity contribution in [2.45, 2.75) is 50.1 Å². The van der Waals surface area contributed by atoms with Gasteiger partial charge in [-0.15, -0.1) is 0 Å². The van der Waals surface area contributed by atoms with Crippen LogP contribution in [0.5, 0.6) is 0 Å². The van der Waals surface area contributed by atoms with Crippen LogP contribution in [0.4, 0.5) is 4.79 Å². The fourth-order valence-corrected chi connectivity index (χ4v) is 3.66. The van der Waals surface area contributed by atoms with Gasteiger partial charge >= 0.3 is 6.03 Å². The van der Waals surface area contributed by atoms with Crippen molar-refractivity contribution in [3.63, 3.8) is 0 Å². The third kappa shape index (κ3) is 5.23. The Morgan fingerprint density at radius 2 is 1.79 bits per heavy atom. The number of nitrogens with one attached hydrogen (secondary N) is 3. The molecule has 0 aromatic heterocycles. The molecule has 0 unspecified atom stereocenters. The Kier molecular flexibility index (Phi) is 6.19. The van der Waals surface area contributed by atoms with Gasteiger partial charge in [-0.1, -0.05) is 19.1 Å². The molecule has 0 bridgehead atoms. The third-order valence-electron chi connectivity index (χ3n) is 4.20. The van der Waals surface area contributed by atoms with Gasteiger partial charge in [0, 0.05) is 12.6 Å². The first-order valence-electron chi connectivity index (χ1n) is 8.00. The number of hydrogen-bond acceptors (Lipinski definition) is 4. The zero-order valence-corrected chi connectivity index (χ0v) is 14.4. The van der Waals surface area contributed by atoms with Crippen LogP contribution in [0.15, 0.2) is 29.2 Å². The lowest BCUT2D eigenvalue weighted by Crippen LogP contribution is -2.45. The third-order valence-corrected chi connectivity index (χ3v) is 5.55. The molecule has 7 nitrogen and oxygen atoms in total.